The number of H-pyrrole nitrogens is 1. The molecule has 132 valence electrons. The minimum atomic E-state index is -1.25. The second kappa shape index (κ2) is 6.52. The maximum atomic E-state index is 12.6. The first kappa shape index (κ1) is 16.9. The maximum absolute atomic E-state index is 12.6. The van der Waals surface area contributed by atoms with Crippen LogP contribution in [-0.4, -0.2) is 57.4 Å². The van der Waals surface area contributed by atoms with Crippen molar-refractivity contribution in [3.05, 3.63) is 33.1 Å². The van der Waals surface area contributed by atoms with Crippen molar-refractivity contribution in [1.82, 2.24) is 14.5 Å². The van der Waals surface area contributed by atoms with Gasteiger partial charge in [0.25, 0.3) is 5.56 Å². The number of nitrogens with one attached hydrogen (secondary N) is 1. The predicted molar refractivity (Wildman–Crippen MR) is 85.7 cm³/mol. The summed E-state index contributed by atoms with van der Waals surface area (Å²) >= 11 is 0. The van der Waals surface area contributed by atoms with Gasteiger partial charge in [0, 0.05) is 37.9 Å². The van der Waals surface area contributed by atoms with Crippen LogP contribution in [0.25, 0.3) is 0 Å². The van der Waals surface area contributed by atoms with E-state index >= 15 is 0 Å². The fourth-order valence-corrected chi connectivity index (χ4v) is 3.66. The molecule has 0 saturated carbocycles. The van der Waals surface area contributed by atoms with Crippen molar-refractivity contribution < 1.29 is 14.6 Å². The Hall–Kier alpha value is -1.93. The highest BCUT2D eigenvalue weighted by atomic mass is 16.5. The van der Waals surface area contributed by atoms with Crippen molar-refractivity contribution >= 4 is 5.91 Å². The number of carbonyl (C=O) groups excluding carboxylic acids is 1. The van der Waals surface area contributed by atoms with Crippen LogP contribution in [0.4, 0.5) is 0 Å². The third-order valence-electron chi connectivity index (χ3n) is 4.97. The SMILES string of the molecule is C[C@@]1(O)CN(C(=O)C2CCOCC2)CC[C@H]1n1ccc(=O)[nH]c1=O. The highest BCUT2D eigenvalue weighted by molar-refractivity contribution is 5.79. The number of nitrogens with zero attached hydrogens (tertiary/aromatic N) is 2. The summed E-state index contributed by atoms with van der Waals surface area (Å²) < 4.78 is 6.63. The molecule has 8 nitrogen and oxygen atoms in total. The van der Waals surface area contributed by atoms with Gasteiger partial charge >= 0.3 is 5.69 Å². The molecule has 2 N–H and O–H groups in total. The van der Waals surface area contributed by atoms with Crippen LogP contribution in [0.15, 0.2) is 21.9 Å². The van der Waals surface area contributed by atoms with E-state index in [1.54, 1.807) is 11.8 Å². The number of carbonyl (C=O) groups is 1. The zero-order valence-electron chi connectivity index (χ0n) is 13.7. The molecule has 24 heavy (non-hydrogen) atoms. The summed E-state index contributed by atoms with van der Waals surface area (Å²) in [7, 11) is 0. The zero-order chi connectivity index (χ0) is 17.3. The van der Waals surface area contributed by atoms with Gasteiger partial charge in [-0.15, -0.1) is 0 Å². The molecular weight excluding hydrogens is 314 g/mol. The van der Waals surface area contributed by atoms with Crippen molar-refractivity contribution in [1.29, 1.82) is 0 Å². The summed E-state index contributed by atoms with van der Waals surface area (Å²) in [6.07, 6.45) is 3.27. The monoisotopic (exact) mass is 337 g/mol. The highest BCUT2D eigenvalue weighted by Crippen LogP contribution is 2.32. The van der Waals surface area contributed by atoms with Crippen LogP contribution < -0.4 is 11.2 Å². The molecular formula is C16H23N3O5. The molecule has 1 aromatic heterocycles. The molecule has 2 saturated heterocycles. The molecule has 3 heterocycles. The number of rotatable bonds is 2. The number of β-amino-alcohol motifs (C(OH)–C–C–N with tert-alkyl or cyclic N) is 1. The van der Waals surface area contributed by atoms with Gasteiger partial charge in [0.1, 0.15) is 5.60 Å². The molecule has 0 aliphatic carbocycles. The van der Waals surface area contributed by atoms with E-state index in [9.17, 15) is 19.5 Å². The number of piperidine rings is 1. The Bertz CT molecular complexity index is 717. The molecule has 2 aliphatic heterocycles. The van der Waals surface area contributed by atoms with E-state index in [0.29, 0.717) is 39.0 Å². The highest BCUT2D eigenvalue weighted by Gasteiger charge is 2.42. The van der Waals surface area contributed by atoms with Crippen molar-refractivity contribution in [2.75, 3.05) is 26.3 Å². The summed E-state index contributed by atoms with van der Waals surface area (Å²) in [5.41, 5.74) is -2.26. The number of ether oxygens (including phenoxy) is 1. The molecule has 3 rings (SSSR count). The number of likely N-dealkylation sites (tertiary alicyclic amines) is 1. The molecule has 0 spiro atoms. The minimum absolute atomic E-state index is 0.0471. The van der Waals surface area contributed by atoms with Gasteiger partial charge < -0.3 is 14.7 Å². The smallest absolute Gasteiger partial charge is 0.328 e. The summed E-state index contributed by atoms with van der Waals surface area (Å²) in [5.74, 6) is -0.00672. The predicted octanol–water partition coefficient (Wildman–Crippen LogP) is -0.512. The Morgan fingerprint density at radius 1 is 1.33 bits per heavy atom. The van der Waals surface area contributed by atoms with Crippen molar-refractivity contribution in [2.45, 2.75) is 37.8 Å². The van der Waals surface area contributed by atoms with Crippen LogP contribution >= 0.6 is 0 Å². The third kappa shape index (κ3) is 3.29. The van der Waals surface area contributed by atoms with E-state index < -0.39 is 22.9 Å². The number of hydrogen-bond donors (Lipinski definition) is 2. The van der Waals surface area contributed by atoms with Crippen molar-refractivity contribution in [3.63, 3.8) is 0 Å². The van der Waals surface area contributed by atoms with E-state index in [1.807, 2.05) is 0 Å². The number of hydrogen-bond acceptors (Lipinski definition) is 5. The Labute approximate surface area is 139 Å². The second-order valence-electron chi connectivity index (χ2n) is 6.83. The van der Waals surface area contributed by atoms with Gasteiger partial charge in [-0.1, -0.05) is 0 Å². The van der Waals surface area contributed by atoms with Crippen LogP contribution in [0.3, 0.4) is 0 Å². The van der Waals surface area contributed by atoms with Gasteiger partial charge in [-0.3, -0.25) is 19.1 Å². The third-order valence-corrected chi connectivity index (χ3v) is 4.97. The van der Waals surface area contributed by atoms with Crippen LogP contribution in [-0.2, 0) is 9.53 Å². The van der Waals surface area contributed by atoms with E-state index in [-0.39, 0.29) is 18.4 Å². The average Bonchev–Trinajstić information content (AvgIpc) is 2.55. The molecule has 1 aromatic rings. The summed E-state index contributed by atoms with van der Waals surface area (Å²) in [6, 6.07) is 0.775. The fourth-order valence-electron chi connectivity index (χ4n) is 3.66. The average molecular weight is 337 g/mol. The second-order valence-corrected chi connectivity index (χ2v) is 6.83. The Morgan fingerprint density at radius 3 is 2.67 bits per heavy atom. The number of aromatic nitrogens is 2. The van der Waals surface area contributed by atoms with Crippen molar-refractivity contribution in [3.8, 4) is 0 Å². The number of amides is 1. The lowest BCUT2D eigenvalue weighted by Gasteiger charge is -2.44. The van der Waals surface area contributed by atoms with Gasteiger partial charge in [-0.05, 0) is 26.2 Å². The van der Waals surface area contributed by atoms with Crippen LogP contribution in [0, 0.1) is 5.92 Å². The normalized spacial score (nSPS) is 28.8. The molecule has 2 atom stereocenters. The molecule has 0 unspecified atom stereocenters. The Morgan fingerprint density at radius 2 is 2.04 bits per heavy atom. The largest absolute Gasteiger partial charge is 0.386 e. The molecule has 0 aromatic carbocycles. The first-order valence-electron chi connectivity index (χ1n) is 8.29. The lowest BCUT2D eigenvalue weighted by Crippen LogP contribution is -2.57. The molecule has 2 aliphatic rings. The van der Waals surface area contributed by atoms with Crippen molar-refractivity contribution in [2.24, 2.45) is 5.92 Å². The zero-order valence-corrected chi connectivity index (χ0v) is 13.7. The summed E-state index contributed by atoms with van der Waals surface area (Å²) in [5, 5.41) is 10.8. The molecule has 8 heteroatoms. The lowest BCUT2D eigenvalue weighted by atomic mass is 9.87. The van der Waals surface area contributed by atoms with Gasteiger partial charge in [-0.25, -0.2) is 4.79 Å². The number of aromatic amines is 1. The van der Waals surface area contributed by atoms with E-state index in [4.69, 9.17) is 4.74 Å². The topological polar surface area (TPSA) is 105 Å². The van der Waals surface area contributed by atoms with Gasteiger partial charge in [0.15, 0.2) is 0 Å². The molecule has 0 radical (unpaired) electrons. The molecule has 0 bridgehead atoms. The summed E-state index contributed by atoms with van der Waals surface area (Å²) in [6.45, 7) is 3.45. The van der Waals surface area contributed by atoms with E-state index in [1.165, 1.54) is 16.8 Å². The summed E-state index contributed by atoms with van der Waals surface area (Å²) in [4.78, 5) is 39.7. The van der Waals surface area contributed by atoms with Gasteiger partial charge in [-0.2, -0.15) is 0 Å². The Balaban J connectivity index is 1.76. The number of aliphatic hydroxyl groups is 1. The first-order chi connectivity index (χ1) is 11.4. The molecule has 1 amide bonds. The minimum Gasteiger partial charge on any atom is -0.386 e. The first-order valence-corrected chi connectivity index (χ1v) is 8.29. The maximum Gasteiger partial charge on any atom is 0.328 e. The van der Waals surface area contributed by atoms with Crippen LogP contribution in [0.2, 0.25) is 0 Å². The van der Waals surface area contributed by atoms with Crippen LogP contribution in [0.1, 0.15) is 32.2 Å². The fraction of sp³-hybridized carbons (Fsp3) is 0.688. The van der Waals surface area contributed by atoms with Crippen LogP contribution in [0.5, 0.6) is 0 Å². The lowest BCUT2D eigenvalue weighted by molar-refractivity contribution is -0.147. The van der Waals surface area contributed by atoms with E-state index in [2.05, 4.69) is 4.98 Å². The Kier molecular flexibility index (Phi) is 4.60. The van der Waals surface area contributed by atoms with E-state index in [0.717, 1.165) is 0 Å². The standard InChI is InChI=1S/C16H23N3O5/c1-16(23)10-18(14(21)11-4-8-24-9-5-11)6-2-12(16)19-7-3-13(20)17-15(19)22/h3,7,11-12,23H,2,4-6,8-10H2,1H3,(H,17,20,22)/t12-,16-/m1/s1. The van der Waals surface area contributed by atoms with Gasteiger partial charge in [0.05, 0.1) is 12.6 Å². The van der Waals surface area contributed by atoms with Gasteiger partial charge in [0.2, 0.25) is 5.91 Å². The quantitative estimate of drug-likeness (QED) is 0.756. The molecule has 2 fully saturated rings.